The lowest BCUT2D eigenvalue weighted by Crippen LogP contribution is -2.40. The van der Waals surface area contributed by atoms with Crippen LogP contribution in [0.2, 0.25) is 0 Å². The highest BCUT2D eigenvalue weighted by molar-refractivity contribution is 5.85. The van der Waals surface area contributed by atoms with E-state index in [4.69, 9.17) is 5.73 Å². The molecule has 0 bridgehead atoms. The molecule has 7 nitrogen and oxygen atoms in total. The van der Waals surface area contributed by atoms with Gasteiger partial charge in [-0.25, -0.2) is 0 Å². The molecule has 2 amide bonds. The molecule has 0 atom stereocenters. The third-order valence-electron chi connectivity index (χ3n) is 2.26. The quantitative estimate of drug-likeness (QED) is 0.542. The van der Waals surface area contributed by atoms with Gasteiger partial charge in [-0.1, -0.05) is 0 Å². The second-order valence-electron chi connectivity index (χ2n) is 3.53. The molecule has 0 fully saturated rings. The Labute approximate surface area is 99.4 Å². The van der Waals surface area contributed by atoms with Gasteiger partial charge in [0.05, 0.1) is 13.1 Å². The van der Waals surface area contributed by atoms with Gasteiger partial charge >= 0.3 is 0 Å². The molecule has 0 unspecified atom stereocenters. The van der Waals surface area contributed by atoms with Gasteiger partial charge in [0, 0.05) is 31.9 Å². The predicted octanol–water partition coefficient (Wildman–Crippen LogP) is -1.85. The molecule has 0 aliphatic heterocycles. The molecule has 94 valence electrons. The Bertz CT molecular complexity index is 388. The summed E-state index contributed by atoms with van der Waals surface area (Å²) in [5, 5.41) is 9.10. The van der Waals surface area contributed by atoms with Gasteiger partial charge in [0.15, 0.2) is 0 Å². The number of aromatic nitrogens is 2. The van der Waals surface area contributed by atoms with Crippen molar-refractivity contribution in [2.75, 3.05) is 19.6 Å². The smallest absolute Gasteiger partial charge is 0.239 e. The van der Waals surface area contributed by atoms with Crippen LogP contribution in [0.1, 0.15) is 5.69 Å². The fourth-order valence-electron chi connectivity index (χ4n) is 1.29. The van der Waals surface area contributed by atoms with E-state index < -0.39 is 0 Å². The van der Waals surface area contributed by atoms with Crippen LogP contribution in [0.3, 0.4) is 0 Å². The SMILES string of the molecule is Cn1nccc1CCNC(=O)CNC(=O)CN. The topological polar surface area (TPSA) is 102 Å². The first-order chi connectivity index (χ1) is 8.13. The van der Waals surface area contributed by atoms with Crippen LogP contribution >= 0.6 is 0 Å². The third-order valence-corrected chi connectivity index (χ3v) is 2.26. The molecule has 0 aromatic carbocycles. The van der Waals surface area contributed by atoms with Gasteiger partial charge in [-0.05, 0) is 6.07 Å². The Morgan fingerprint density at radius 2 is 2.18 bits per heavy atom. The molecule has 1 aromatic heterocycles. The Morgan fingerprint density at radius 1 is 1.41 bits per heavy atom. The molecule has 0 radical (unpaired) electrons. The number of nitrogens with two attached hydrogens (primary N) is 1. The fraction of sp³-hybridized carbons (Fsp3) is 0.500. The van der Waals surface area contributed by atoms with E-state index in [-0.39, 0.29) is 24.9 Å². The van der Waals surface area contributed by atoms with Crippen LogP contribution in [0.25, 0.3) is 0 Å². The minimum absolute atomic E-state index is 0.0403. The second kappa shape index (κ2) is 6.64. The van der Waals surface area contributed by atoms with Gasteiger partial charge in [0.2, 0.25) is 11.8 Å². The maximum atomic E-state index is 11.3. The number of carbonyl (C=O) groups excluding carboxylic acids is 2. The van der Waals surface area contributed by atoms with Crippen molar-refractivity contribution in [3.05, 3.63) is 18.0 Å². The summed E-state index contributed by atoms with van der Waals surface area (Å²) in [7, 11) is 1.85. The molecule has 0 spiro atoms. The zero-order chi connectivity index (χ0) is 12.7. The normalized spacial score (nSPS) is 10.0. The summed E-state index contributed by atoms with van der Waals surface area (Å²) < 4.78 is 1.75. The lowest BCUT2D eigenvalue weighted by atomic mass is 10.3. The lowest BCUT2D eigenvalue weighted by Gasteiger charge is -2.06. The first kappa shape index (κ1) is 13.2. The standard InChI is InChI=1S/C10H17N5O2/c1-15-8(3-5-14-15)2-4-12-10(17)7-13-9(16)6-11/h3,5H,2,4,6-7,11H2,1H3,(H,12,17)(H,13,16). The number of nitrogens with one attached hydrogen (secondary N) is 2. The summed E-state index contributed by atoms with van der Waals surface area (Å²) in [6.45, 7) is 0.362. The molecule has 17 heavy (non-hydrogen) atoms. The van der Waals surface area contributed by atoms with Crippen molar-refractivity contribution in [3.63, 3.8) is 0 Å². The van der Waals surface area contributed by atoms with E-state index in [1.165, 1.54) is 0 Å². The van der Waals surface area contributed by atoms with E-state index in [0.717, 1.165) is 5.69 Å². The molecule has 1 aromatic rings. The highest BCUT2D eigenvalue weighted by Crippen LogP contribution is 1.95. The van der Waals surface area contributed by atoms with Crippen LogP contribution < -0.4 is 16.4 Å². The van der Waals surface area contributed by atoms with Crippen LogP contribution in [-0.4, -0.2) is 41.2 Å². The molecule has 1 heterocycles. The second-order valence-corrected chi connectivity index (χ2v) is 3.53. The Balaban J connectivity index is 2.16. The third kappa shape index (κ3) is 4.64. The zero-order valence-corrected chi connectivity index (χ0v) is 9.77. The van der Waals surface area contributed by atoms with Gasteiger partial charge in [0.1, 0.15) is 0 Å². The lowest BCUT2D eigenvalue weighted by molar-refractivity contribution is -0.125. The monoisotopic (exact) mass is 239 g/mol. The predicted molar refractivity (Wildman–Crippen MR) is 62.0 cm³/mol. The molecule has 0 aliphatic rings. The van der Waals surface area contributed by atoms with Crippen molar-refractivity contribution in [2.45, 2.75) is 6.42 Å². The van der Waals surface area contributed by atoms with Crippen molar-refractivity contribution < 1.29 is 9.59 Å². The van der Waals surface area contributed by atoms with Crippen LogP contribution in [0, 0.1) is 0 Å². The maximum absolute atomic E-state index is 11.3. The fourth-order valence-corrected chi connectivity index (χ4v) is 1.29. The summed E-state index contributed by atoms with van der Waals surface area (Å²) in [5.41, 5.74) is 6.12. The number of nitrogens with zero attached hydrogens (tertiary/aromatic N) is 2. The number of aryl methyl sites for hydroxylation is 1. The average molecular weight is 239 g/mol. The van der Waals surface area contributed by atoms with E-state index in [0.29, 0.717) is 13.0 Å². The minimum Gasteiger partial charge on any atom is -0.354 e. The number of hydrogen-bond donors (Lipinski definition) is 3. The Morgan fingerprint density at radius 3 is 2.76 bits per heavy atom. The van der Waals surface area contributed by atoms with Gasteiger partial charge in [-0.3, -0.25) is 14.3 Å². The summed E-state index contributed by atoms with van der Waals surface area (Å²) in [6, 6.07) is 1.89. The number of carbonyl (C=O) groups is 2. The number of hydrogen-bond acceptors (Lipinski definition) is 4. The van der Waals surface area contributed by atoms with E-state index >= 15 is 0 Å². The van der Waals surface area contributed by atoms with Crippen LogP contribution in [-0.2, 0) is 23.1 Å². The molecular weight excluding hydrogens is 222 g/mol. The zero-order valence-electron chi connectivity index (χ0n) is 9.77. The van der Waals surface area contributed by atoms with Gasteiger partial charge in [0.25, 0.3) is 0 Å². The molecule has 7 heteroatoms. The number of rotatable bonds is 6. The van der Waals surface area contributed by atoms with E-state index in [1.54, 1.807) is 10.9 Å². The average Bonchev–Trinajstić information content (AvgIpc) is 2.72. The first-order valence-corrected chi connectivity index (χ1v) is 5.34. The summed E-state index contributed by atoms with van der Waals surface area (Å²) in [4.78, 5) is 22.1. The van der Waals surface area contributed by atoms with E-state index in [1.807, 2.05) is 13.1 Å². The summed E-state index contributed by atoms with van der Waals surface area (Å²) >= 11 is 0. The Hall–Kier alpha value is -1.89. The van der Waals surface area contributed by atoms with Gasteiger partial charge < -0.3 is 16.4 Å². The van der Waals surface area contributed by atoms with Crippen LogP contribution in [0.5, 0.6) is 0 Å². The molecule has 1 rings (SSSR count). The minimum atomic E-state index is -0.341. The van der Waals surface area contributed by atoms with E-state index in [2.05, 4.69) is 15.7 Å². The molecule has 0 saturated carbocycles. The highest BCUT2D eigenvalue weighted by atomic mass is 16.2. The van der Waals surface area contributed by atoms with Crippen LogP contribution in [0.4, 0.5) is 0 Å². The van der Waals surface area contributed by atoms with Crippen molar-refractivity contribution in [3.8, 4) is 0 Å². The Kier molecular flexibility index (Phi) is 5.15. The summed E-state index contributed by atoms with van der Waals surface area (Å²) in [5.74, 6) is -0.569. The molecule has 0 saturated heterocycles. The highest BCUT2D eigenvalue weighted by Gasteiger charge is 2.04. The molecule has 0 aliphatic carbocycles. The van der Waals surface area contributed by atoms with Crippen molar-refractivity contribution in [1.82, 2.24) is 20.4 Å². The van der Waals surface area contributed by atoms with Crippen molar-refractivity contribution in [1.29, 1.82) is 0 Å². The van der Waals surface area contributed by atoms with E-state index in [9.17, 15) is 9.59 Å². The van der Waals surface area contributed by atoms with Gasteiger partial charge in [-0.2, -0.15) is 5.10 Å². The molecule has 4 N–H and O–H groups in total. The largest absolute Gasteiger partial charge is 0.354 e. The van der Waals surface area contributed by atoms with Crippen molar-refractivity contribution >= 4 is 11.8 Å². The first-order valence-electron chi connectivity index (χ1n) is 5.34. The van der Waals surface area contributed by atoms with Crippen molar-refractivity contribution in [2.24, 2.45) is 12.8 Å². The van der Waals surface area contributed by atoms with Crippen LogP contribution in [0.15, 0.2) is 12.3 Å². The van der Waals surface area contributed by atoms with Gasteiger partial charge in [-0.15, -0.1) is 0 Å². The number of amides is 2. The molecular formula is C10H17N5O2. The summed E-state index contributed by atoms with van der Waals surface area (Å²) in [6.07, 6.45) is 2.41. The maximum Gasteiger partial charge on any atom is 0.239 e.